The molecule has 0 spiro atoms. The van der Waals surface area contributed by atoms with E-state index in [-0.39, 0.29) is 17.7 Å². The van der Waals surface area contributed by atoms with Gasteiger partial charge in [-0.25, -0.2) is 9.59 Å². The van der Waals surface area contributed by atoms with E-state index < -0.39 is 24.3 Å². The molecule has 0 saturated heterocycles. The van der Waals surface area contributed by atoms with Gasteiger partial charge in [-0.2, -0.15) is 0 Å². The maximum Gasteiger partial charge on any atom is 0.340 e. The summed E-state index contributed by atoms with van der Waals surface area (Å²) in [7, 11) is 0. The number of esters is 2. The van der Waals surface area contributed by atoms with Crippen molar-refractivity contribution in [1.29, 1.82) is 0 Å². The van der Waals surface area contributed by atoms with Gasteiger partial charge in [-0.3, -0.25) is 4.79 Å². The highest BCUT2D eigenvalue weighted by Gasteiger charge is 2.26. The number of H-pyrrole nitrogens is 1. The fourth-order valence-electron chi connectivity index (χ4n) is 3.19. The van der Waals surface area contributed by atoms with Crippen LogP contribution in [0.2, 0.25) is 0 Å². The lowest BCUT2D eigenvalue weighted by Crippen LogP contribution is -2.18. The molecule has 0 aliphatic heterocycles. The Labute approximate surface area is 162 Å². The van der Waals surface area contributed by atoms with Crippen molar-refractivity contribution >= 4 is 28.5 Å². The molecule has 0 aliphatic carbocycles. The van der Waals surface area contributed by atoms with Crippen molar-refractivity contribution in [3.63, 3.8) is 0 Å². The minimum Gasteiger partial charge on any atom is -0.462 e. The van der Waals surface area contributed by atoms with Crippen molar-refractivity contribution in [2.24, 2.45) is 0 Å². The van der Waals surface area contributed by atoms with E-state index in [0.29, 0.717) is 17.0 Å². The van der Waals surface area contributed by atoms with Gasteiger partial charge >= 0.3 is 11.9 Å². The van der Waals surface area contributed by atoms with Gasteiger partial charge in [-0.1, -0.05) is 30.3 Å². The molecule has 0 atom stereocenters. The minimum absolute atomic E-state index is 0.186. The zero-order valence-electron chi connectivity index (χ0n) is 16.0. The number of carbonyl (C=O) groups excluding carboxylic acids is 3. The first-order valence-electron chi connectivity index (χ1n) is 8.97. The Morgan fingerprint density at radius 2 is 1.54 bits per heavy atom. The smallest absolute Gasteiger partial charge is 0.340 e. The summed E-state index contributed by atoms with van der Waals surface area (Å²) in [6.45, 7) is 4.81. The van der Waals surface area contributed by atoms with E-state index in [2.05, 4.69) is 4.98 Å². The molecule has 1 heterocycles. The summed E-state index contributed by atoms with van der Waals surface area (Å²) in [6, 6.07) is 12.8. The van der Waals surface area contributed by atoms with Gasteiger partial charge in [0.05, 0.1) is 23.3 Å². The highest BCUT2D eigenvalue weighted by Crippen LogP contribution is 2.21. The Kier molecular flexibility index (Phi) is 5.59. The predicted molar refractivity (Wildman–Crippen MR) is 105 cm³/mol. The van der Waals surface area contributed by atoms with Crippen LogP contribution in [0.25, 0.3) is 10.8 Å². The topological polar surface area (TPSA) is 85.5 Å². The molecule has 6 nitrogen and oxygen atoms in total. The number of ether oxygens (including phenoxy) is 2. The molecule has 0 aliphatic rings. The van der Waals surface area contributed by atoms with Crippen LogP contribution < -0.4 is 0 Å². The SMILES string of the molecule is CCOC(=O)c1c(C)[nH]c(C)c1C(=O)COC(=O)c1ccc2ccccc2c1. The van der Waals surface area contributed by atoms with Crippen LogP contribution in [-0.4, -0.2) is 35.9 Å². The molecule has 2 aromatic carbocycles. The van der Waals surface area contributed by atoms with E-state index in [1.807, 2.05) is 30.3 Å². The third kappa shape index (κ3) is 3.81. The van der Waals surface area contributed by atoms with Crippen LogP contribution in [0.1, 0.15) is 49.4 Å². The average molecular weight is 379 g/mol. The van der Waals surface area contributed by atoms with Crippen molar-refractivity contribution in [2.75, 3.05) is 13.2 Å². The van der Waals surface area contributed by atoms with E-state index in [1.165, 1.54) is 0 Å². The lowest BCUT2D eigenvalue weighted by atomic mass is 10.0. The van der Waals surface area contributed by atoms with Gasteiger partial charge in [0.2, 0.25) is 5.78 Å². The molecule has 3 rings (SSSR count). The lowest BCUT2D eigenvalue weighted by Gasteiger charge is -2.08. The molecule has 0 saturated carbocycles. The monoisotopic (exact) mass is 379 g/mol. The number of fused-ring (bicyclic) bond motifs is 1. The largest absolute Gasteiger partial charge is 0.462 e. The van der Waals surface area contributed by atoms with E-state index in [9.17, 15) is 14.4 Å². The van der Waals surface area contributed by atoms with Crippen molar-refractivity contribution in [1.82, 2.24) is 4.98 Å². The second-order valence-electron chi connectivity index (χ2n) is 6.41. The first-order valence-corrected chi connectivity index (χ1v) is 8.97. The zero-order chi connectivity index (χ0) is 20.3. The Morgan fingerprint density at radius 3 is 2.25 bits per heavy atom. The third-order valence-electron chi connectivity index (χ3n) is 4.45. The Bertz CT molecular complexity index is 1060. The van der Waals surface area contributed by atoms with Gasteiger partial charge in [-0.05, 0) is 43.7 Å². The highest BCUT2D eigenvalue weighted by atomic mass is 16.5. The Morgan fingerprint density at radius 1 is 0.857 bits per heavy atom. The van der Waals surface area contributed by atoms with Crippen LogP contribution >= 0.6 is 0 Å². The highest BCUT2D eigenvalue weighted by molar-refractivity contribution is 6.09. The number of nitrogens with one attached hydrogen (secondary N) is 1. The first kappa shape index (κ1) is 19.4. The summed E-state index contributed by atoms with van der Waals surface area (Å²) in [6.07, 6.45) is 0. The average Bonchev–Trinajstić information content (AvgIpc) is 2.99. The van der Waals surface area contributed by atoms with Gasteiger partial charge in [0.25, 0.3) is 0 Å². The maximum atomic E-state index is 12.7. The van der Waals surface area contributed by atoms with Crippen molar-refractivity contribution in [3.05, 3.63) is 70.5 Å². The van der Waals surface area contributed by atoms with Gasteiger partial charge in [0.15, 0.2) is 6.61 Å². The van der Waals surface area contributed by atoms with Crippen molar-refractivity contribution < 1.29 is 23.9 Å². The summed E-state index contributed by atoms with van der Waals surface area (Å²) in [5.74, 6) is -1.63. The van der Waals surface area contributed by atoms with Gasteiger partial charge < -0.3 is 14.5 Å². The Hall–Kier alpha value is -3.41. The number of aromatic nitrogens is 1. The summed E-state index contributed by atoms with van der Waals surface area (Å²) < 4.78 is 10.2. The minimum atomic E-state index is -0.596. The van der Waals surface area contributed by atoms with Crippen LogP contribution in [0.4, 0.5) is 0 Å². The number of aryl methyl sites for hydroxylation is 2. The molecule has 0 radical (unpaired) electrons. The first-order chi connectivity index (χ1) is 13.4. The van der Waals surface area contributed by atoms with E-state index in [1.54, 1.807) is 32.9 Å². The molecular formula is C22H21NO5. The van der Waals surface area contributed by atoms with Crippen molar-refractivity contribution in [3.8, 4) is 0 Å². The lowest BCUT2D eigenvalue weighted by molar-refractivity contribution is 0.0472. The quantitative estimate of drug-likeness (QED) is 0.517. The molecule has 0 fully saturated rings. The molecule has 0 bridgehead atoms. The fourth-order valence-corrected chi connectivity index (χ4v) is 3.19. The molecule has 3 aromatic rings. The molecule has 6 heteroatoms. The molecule has 28 heavy (non-hydrogen) atoms. The number of hydrogen-bond donors (Lipinski definition) is 1. The number of carbonyl (C=O) groups is 3. The van der Waals surface area contributed by atoms with E-state index in [4.69, 9.17) is 9.47 Å². The summed E-state index contributed by atoms with van der Waals surface area (Å²) >= 11 is 0. The number of ketones is 1. The third-order valence-corrected chi connectivity index (χ3v) is 4.45. The molecular weight excluding hydrogens is 358 g/mol. The summed E-state index contributed by atoms with van der Waals surface area (Å²) in [5.41, 5.74) is 1.82. The number of hydrogen-bond acceptors (Lipinski definition) is 5. The standard InChI is InChI=1S/C22H21NO5/c1-4-27-22(26)20-14(3)23-13(2)19(20)18(24)12-28-21(25)17-10-9-15-7-5-6-8-16(15)11-17/h5-11,23H,4,12H2,1-3H3. The van der Waals surface area contributed by atoms with Gasteiger partial charge in [0, 0.05) is 11.4 Å². The van der Waals surface area contributed by atoms with E-state index >= 15 is 0 Å². The van der Waals surface area contributed by atoms with Crippen LogP contribution in [0, 0.1) is 13.8 Å². The molecule has 0 amide bonds. The Balaban J connectivity index is 1.76. The maximum absolute atomic E-state index is 12.7. The normalized spacial score (nSPS) is 10.7. The van der Waals surface area contributed by atoms with Crippen molar-refractivity contribution in [2.45, 2.75) is 20.8 Å². The van der Waals surface area contributed by atoms with E-state index in [0.717, 1.165) is 10.8 Å². The van der Waals surface area contributed by atoms with Crippen LogP contribution in [0.5, 0.6) is 0 Å². The van der Waals surface area contributed by atoms with Gasteiger partial charge in [0.1, 0.15) is 0 Å². The molecule has 144 valence electrons. The second kappa shape index (κ2) is 8.08. The second-order valence-corrected chi connectivity index (χ2v) is 6.41. The number of Topliss-reactive ketones (excluding diaryl/α,β-unsaturated/α-hetero) is 1. The fraction of sp³-hybridized carbons (Fsp3) is 0.227. The van der Waals surface area contributed by atoms with Crippen LogP contribution in [0.15, 0.2) is 42.5 Å². The van der Waals surface area contributed by atoms with Crippen LogP contribution in [0.3, 0.4) is 0 Å². The number of aromatic amines is 1. The van der Waals surface area contributed by atoms with Gasteiger partial charge in [-0.15, -0.1) is 0 Å². The summed E-state index contributed by atoms with van der Waals surface area (Å²) in [5, 5.41) is 1.91. The van der Waals surface area contributed by atoms with Crippen LogP contribution in [-0.2, 0) is 9.47 Å². The molecule has 1 N–H and O–H groups in total. The number of benzene rings is 2. The molecule has 0 unspecified atom stereocenters. The molecule has 1 aromatic heterocycles. The zero-order valence-corrected chi connectivity index (χ0v) is 16.0. The predicted octanol–water partition coefficient (Wildman–Crippen LogP) is 4.00. The summed E-state index contributed by atoms with van der Waals surface area (Å²) in [4.78, 5) is 40.2. The number of rotatable bonds is 6.